The fraction of sp³-hybridized carbons (Fsp3) is 0.316. The van der Waals surface area contributed by atoms with Crippen molar-refractivity contribution in [2.24, 2.45) is 5.92 Å². The number of esters is 1. The summed E-state index contributed by atoms with van der Waals surface area (Å²) in [5.74, 6) is -0.637. The van der Waals surface area contributed by atoms with E-state index in [2.05, 4.69) is 22.1 Å². The molecule has 2 aromatic heterocycles. The van der Waals surface area contributed by atoms with Gasteiger partial charge in [-0.25, -0.2) is 9.69 Å². The predicted octanol–water partition coefficient (Wildman–Crippen LogP) is 6.13. The molecule has 4 heterocycles. The Bertz CT molecular complexity index is 1550. The van der Waals surface area contributed by atoms with Gasteiger partial charge >= 0.3 is 18.0 Å². The van der Waals surface area contributed by atoms with E-state index in [4.69, 9.17) is 14.6 Å². The highest BCUT2D eigenvalue weighted by molar-refractivity contribution is 5.93. The molecular formula is C38H43N3O7. The van der Waals surface area contributed by atoms with Crippen LogP contribution >= 0.6 is 0 Å². The number of pyridine rings is 2. The zero-order chi connectivity index (χ0) is 33.3. The average molecular weight is 654 g/mol. The van der Waals surface area contributed by atoms with Crippen LogP contribution < -0.4 is 0 Å². The molecule has 2 aromatic carbocycles. The Morgan fingerprint density at radius 1 is 0.708 bits per heavy atom. The van der Waals surface area contributed by atoms with Gasteiger partial charge in [-0.15, -0.1) is 0 Å². The van der Waals surface area contributed by atoms with E-state index < -0.39 is 12.1 Å². The van der Waals surface area contributed by atoms with Crippen LogP contribution in [0, 0.1) is 5.92 Å². The van der Waals surface area contributed by atoms with E-state index in [1.54, 1.807) is 30.9 Å². The van der Waals surface area contributed by atoms with Crippen molar-refractivity contribution in [3.05, 3.63) is 132 Å². The molecule has 2 saturated heterocycles. The van der Waals surface area contributed by atoms with E-state index in [1.807, 2.05) is 66.7 Å². The third kappa shape index (κ3) is 12.8. The number of carbonyl (C=O) groups excluding carboxylic acids is 3. The number of aliphatic carboxylic acids is 1. The average Bonchev–Trinajstić information content (AvgIpc) is 3.68. The minimum Gasteiger partial charge on any atom is -0.481 e. The summed E-state index contributed by atoms with van der Waals surface area (Å²) in [7, 11) is 0. The van der Waals surface area contributed by atoms with Crippen molar-refractivity contribution in [3.63, 3.8) is 0 Å². The van der Waals surface area contributed by atoms with Gasteiger partial charge in [0, 0.05) is 43.5 Å². The molecule has 2 aliphatic heterocycles. The highest BCUT2D eigenvalue weighted by Gasteiger charge is 2.37. The Morgan fingerprint density at radius 3 is 1.75 bits per heavy atom. The minimum absolute atomic E-state index is 0. The number of aromatic nitrogens is 2. The molecule has 252 valence electrons. The summed E-state index contributed by atoms with van der Waals surface area (Å²) >= 11 is 0. The summed E-state index contributed by atoms with van der Waals surface area (Å²) in [6, 6.07) is 27.2. The summed E-state index contributed by atoms with van der Waals surface area (Å²) in [6.45, 7) is 0.847. The third-order valence-electron chi connectivity index (χ3n) is 7.55. The van der Waals surface area contributed by atoms with E-state index in [0.29, 0.717) is 38.2 Å². The SMILES string of the molecule is C.O=C(CCc1cccnc1)N1C(=O)OC[C@@H]1Cc1ccccc1.O=C(O)CCc1cccnc1.O=C1C[C@@H](Cc2ccccc2)CO1. The number of hydrogen-bond acceptors (Lipinski definition) is 8. The number of carboxylic acids is 1. The molecule has 0 radical (unpaired) electrons. The maximum absolute atomic E-state index is 12.4. The smallest absolute Gasteiger partial charge is 0.416 e. The number of cyclic esters (lactones) is 2. The van der Waals surface area contributed by atoms with Crippen LogP contribution in [-0.4, -0.2) is 63.2 Å². The fourth-order valence-electron chi connectivity index (χ4n) is 5.16. The van der Waals surface area contributed by atoms with Crippen molar-refractivity contribution in [3.8, 4) is 0 Å². The lowest BCUT2D eigenvalue weighted by Crippen LogP contribution is -2.40. The van der Waals surface area contributed by atoms with Crippen LogP contribution in [0.25, 0.3) is 0 Å². The molecule has 0 bridgehead atoms. The van der Waals surface area contributed by atoms with Gasteiger partial charge < -0.3 is 14.6 Å². The fourth-order valence-corrected chi connectivity index (χ4v) is 5.16. The van der Waals surface area contributed by atoms with Gasteiger partial charge in [0.1, 0.15) is 6.61 Å². The van der Waals surface area contributed by atoms with Crippen molar-refractivity contribution in [2.45, 2.75) is 58.4 Å². The molecule has 0 spiro atoms. The molecule has 10 heteroatoms. The molecule has 0 aliphatic carbocycles. The van der Waals surface area contributed by atoms with Gasteiger partial charge in [0.05, 0.1) is 19.1 Å². The van der Waals surface area contributed by atoms with E-state index in [0.717, 1.165) is 23.1 Å². The molecule has 4 aromatic rings. The molecule has 2 aliphatic rings. The first-order chi connectivity index (χ1) is 22.9. The van der Waals surface area contributed by atoms with Gasteiger partial charge in [-0.1, -0.05) is 80.2 Å². The second-order valence-electron chi connectivity index (χ2n) is 11.2. The van der Waals surface area contributed by atoms with Gasteiger partial charge in [0.15, 0.2) is 0 Å². The van der Waals surface area contributed by atoms with Crippen LogP contribution in [0.2, 0.25) is 0 Å². The lowest BCUT2D eigenvalue weighted by molar-refractivity contribution is -0.138. The number of carboxylic acid groups (broad SMARTS) is 1. The summed E-state index contributed by atoms with van der Waals surface area (Å²) in [5.41, 5.74) is 4.31. The third-order valence-corrected chi connectivity index (χ3v) is 7.55. The van der Waals surface area contributed by atoms with Crippen LogP contribution in [0.1, 0.15) is 48.9 Å². The molecule has 2 fully saturated rings. The van der Waals surface area contributed by atoms with Crippen LogP contribution in [-0.2, 0) is 49.5 Å². The Hall–Kier alpha value is -5.38. The van der Waals surface area contributed by atoms with Crippen LogP contribution in [0.15, 0.2) is 110 Å². The topological polar surface area (TPSA) is 136 Å². The van der Waals surface area contributed by atoms with Crippen molar-refractivity contribution < 1.29 is 33.8 Å². The lowest BCUT2D eigenvalue weighted by Gasteiger charge is -2.19. The number of benzene rings is 2. The van der Waals surface area contributed by atoms with E-state index in [-0.39, 0.29) is 44.8 Å². The standard InChI is InChI=1S/C18H18N2O3.C11H12O2.C8H9NO2.CH4/c21-17(9-8-15-7-4-10-19-12-15)20-16(13-23-18(20)22)11-14-5-2-1-3-6-14;12-11-7-10(8-13-11)6-9-4-2-1-3-5-9;10-8(11)4-3-7-2-1-5-9-6-7;/h1-7,10,12,16H,8-9,11,13H2;1-5,10H,6-8H2;1-2,5-6H,3-4H2,(H,10,11);1H4/t16-;10-;;/m01../s1. The second kappa shape index (κ2) is 20.0. The quantitative estimate of drug-likeness (QED) is 0.201. The van der Waals surface area contributed by atoms with Gasteiger partial charge in [-0.2, -0.15) is 0 Å². The first-order valence-electron chi connectivity index (χ1n) is 15.6. The van der Waals surface area contributed by atoms with Gasteiger partial charge in [-0.05, 0) is 60.1 Å². The van der Waals surface area contributed by atoms with Crippen molar-refractivity contribution in [1.29, 1.82) is 0 Å². The summed E-state index contributed by atoms with van der Waals surface area (Å²) in [4.78, 5) is 54.5. The Labute approximate surface area is 281 Å². The highest BCUT2D eigenvalue weighted by atomic mass is 16.6. The number of amides is 2. The molecule has 2 atom stereocenters. The zero-order valence-corrected chi connectivity index (χ0v) is 26.1. The second-order valence-corrected chi connectivity index (χ2v) is 11.2. The number of hydrogen-bond donors (Lipinski definition) is 1. The van der Waals surface area contributed by atoms with Crippen molar-refractivity contribution in [2.75, 3.05) is 13.2 Å². The lowest BCUT2D eigenvalue weighted by atomic mass is 9.99. The summed E-state index contributed by atoms with van der Waals surface area (Å²) in [5, 5.41) is 8.35. The molecule has 2 amide bonds. The predicted molar refractivity (Wildman–Crippen MR) is 181 cm³/mol. The number of ether oxygens (including phenoxy) is 2. The summed E-state index contributed by atoms with van der Waals surface area (Å²) < 4.78 is 9.98. The molecule has 1 N–H and O–H groups in total. The molecule has 6 rings (SSSR count). The molecule has 48 heavy (non-hydrogen) atoms. The maximum atomic E-state index is 12.4. The van der Waals surface area contributed by atoms with Crippen LogP contribution in [0.4, 0.5) is 4.79 Å². The van der Waals surface area contributed by atoms with E-state index in [9.17, 15) is 19.2 Å². The van der Waals surface area contributed by atoms with E-state index in [1.165, 1.54) is 10.5 Å². The minimum atomic E-state index is -0.770. The van der Waals surface area contributed by atoms with E-state index >= 15 is 0 Å². The van der Waals surface area contributed by atoms with Crippen molar-refractivity contribution >= 4 is 23.9 Å². The molecular weight excluding hydrogens is 610 g/mol. The Morgan fingerprint density at radius 2 is 1.25 bits per heavy atom. The summed E-state index contributed by atoms with van der Waals surface area (Å²) in [6.07, 6.45) is 9.95. The zero-order valence-electron chi connectivity index (χ0n) is 26.1. The highest BCUT2D eigenvalue weighted by Crippen LogP contribution is 2.20. The molecule has 0 unspecified atom stereocenters. The number of nitrogens with zero attached hydrogens (tertiary/aromatic N) is 3. The van der Waals surface area contributed by atoms with Crippen molar-refractivity contribution in [1.82, 2.24) is 14.9 Å². The first kappa shape index (κ1) is 37.1. The van der Waals surface area contributed by atoms with Crippen LogP contribution in [0.3, 0.4) is 0 Å². The number of rotatable bonds is 10. The number of carbonyl (C=O) groups is 4. The largest absolute Gasteiger partial charge is 0.481 e. The monoisotopic (exact) mass is 653 g/mol. The van der Waals surface area contributed by atoms with Gasteiger partial charge in [-0.3, -0.25) is 24.4 Å². The molecule has 0 saturated carbocycles. The Balaban J connectivity index is 0.000000212. The Kier molecular flexibility index (Phi) is 15.4. The molecule has 10 nitrogen and oxygen atoms in total. The van der Waals surface area contributed by atoms with Crippen LogP contribution in [0.5, 0.6) is 0 Å². The number of aryl methyl sites for hydroxylation is 2. The van der Waals surface area contributed by atoms with Gasteiger partial charge in [0.2, 0.25) is 5.91 Å². The maximum Gasteiger partial charge on any atom is 0.416 e. The number of imide groups is 1. The first-order valence-corrected chi connectivity index (χ1v) is 15.6. The normalized spacial score (nSPS) is 16.2. The van der Waals surface area contributed by atoms with Gasteiger partial charge in [0.25, 0.3) is 0 Å².